The number of fused-ring (bicyclic) bond motifs is 10. The maximum atomic E-state index is 5.16. The molecule has 23 rings (SSSR count). The van der Waals surface area contributed by atoms with Crippen molar-refractivity contribution >= 4 is 87.2 Å². The smallest absolute Gasteiger partial charge is 0.160 e. The lowest BCUT2D eigenvalue weighted by Crippen LogP contribution is -1.97. The highest BCUT2D eigenvalue weighted by atomic mass is 14.9. The van der Waals surface area contributed by atoms with E-state index in [4.69, 9.17) is 49.8 Å². The second-order valence-corrected chi connectivity index (χ2v) is 30.3. The zero-order valence-electron chi connectivity index (χ0n) is 65.6. The van der Waals surface area contributed by atoms with E-state index < -0.39 is 0 Å². The highest BCUT2D eigenvalue weighted by Gasteiger charge is 2.19. The molecular formula is C110H68N12. The van der Waals surface area contributed by atoms with Gasteiger partial charge in [0.25, 0.3) is 0 Å². The molecule has 23 aromatic rings. The van der Waals surface area contributed by atoms with Gasteiger partial charge in [0, 0.05) is 100.0 Å². The predicted octanol–water partition coefficient (Wildman–Crippen LogP) is 27.0. The van der Waals surface area contributed by atoms with Gasteiger partial charge in [0.05, 0.1) is 101 Å². The average molecular weight is 1560 g/mol. The van der Waals surface area contributed by atoms with Crippen LogP contribution in [0.3, 0.4) is 0 Å². The van der Waals surface area contributed by atoms with Gasteiger partial charge in [-0.15, -0.1) is 0 Å². The molecule has 12 nitrogen and oxygen atoms in total. The van der Waals surface area contributed by atoms with E-state index in [1.165, 1.54) is 0 Å². The summed E-state index contributed by atoms with van der Waals surface area (Å²) in [7, 11) is 0. The Balaban J connectivity index is 0.000000146. The lowest BCUT2D eigenvalue weighted by atomic mass is 9.98. The van der Waals surface area contributed by atoms with Gasteiger partial charge in [-0.3, -0.25) is 9.97 Å². The molecule has 0 saturated carbocycles. The number of hydrogen-bond donors (Lipinski definition) is 0. The molecule has 568 valence electrons. The number of pyridine rings is 8. The third kappa shape index (κ3) is 14.2. The SMILES string of the molecule is c1ccc(-c2cc(-c3ccc4ccc(-c5ccc6nc(-c7ccc(-c8ccc9ccc%10ccc(-c%11ccccc%11)nc%10c9n8)cc7)ccc6c5)cc4n3)nc(-c3ccccc3)n2)cc1.c1ccc(-c2cc(-c3ccc4ccc(-c5ccc6nc(-c7ccc(-c8ccnc9c8ccc8cccnc89)cc7)ccc6c5)cc4n3)nc(-c3ccccc3)n2)cc1. The van der Waals surface area contributed by atoms with Crippen LogP contribution >= 0.6 is 0 Å². The summed E-state index contributed by atoms with van der Waals surface area (Å²) in [6.45, 7) is 0. The van der Waals surface area contributed by atoms with Crippen molar-refractivity contribution in [1.82, 2.24) is 59.8 Å². The van der Waals surface area contributed by atoms with Crippen LogP contribution in [-0.2, 0) is 0 Å². The molecule has 0 fully saturated rings. The van der Waals surface area contributed by atoms with Gasteiger partial charge in [-0.2, -0.15) is 0 Å². The van der Waals surface area contributed by atoms with Crippen LogP contribution in [-0.4, -0.2) is 59.8 Å². The summed E-state index contributed by atoms with van der Waals surface area (Å²) >= 11 is 0. The Morgan fingerprint density at radius 2 is 0.459 bits per heavy atom. The van der Waals surface area contributed by atoms with Crippen LogP contribution in [0, 0.1) is 0 Å². The van der Waals surface area contributed by atoms with E-state index in [0.29, 0.717) is 11.6 Å². The molecule has 0 aliphatic heterocycles. The predicted molar refractivity (Wildman–Crippen MR) is 497 cm³/mol. The second kappa shape index (κ2) is 31.1. The van der Waals surface area contributed by atoms with Crippen molar-refractivity contribution in [3.8, 4) is 146 Å². The van der Waals surface area contributed by atoms with Crippen molar-refractivity contribution in [2.24, 2.45) is 0 Å². The van der Waals surface area contributed by atoms with E-state index in [1.807, 2.05) is 158 Å². The number of aromatic nitrogens is 12. The van der Waals surface area contributed by atoms with Crippen molar-refractivity contribution in [2.45, 2.75) is 0 Å². The fraction of sp³-hybridized carbons (Fsp3) is 0. The normalized spacial score (nSPS) is 11.4. The minimum absolute atomic E-state index is 0.667. The Labute approximate surface area is 701 Å². The molecule has 0 amide bonds. The van der Waals surface area contributed by atoms with Crippen LogP contribution in [0.15, 0.2) is 413 Å². The maximum Gasteiger partial charge on any atom is 0.160 e. The van der Waals surface area contributed by atoms with Gasteiger partial charge in [0.15, 0.2) is 11.6 Å². The Kier molecular flexibility index (Phi) is 18.3. The molecule has 0 spiro atoms. The molecule has 0 aliphatic carbocycles. The number of hydrogen-bond acceptors (Lipinski definition) is 12. The van der Waals surface area contributed by atoms with Crippen molar-refractivity contribution in [3.05, 3.63) is 413 Å². The lowest BCUT2D eigenvalue weighted by Gasteiger charge is -2.11. The van der Waals surface area contributed by atoms with E-state index >= 15 is 0 Å². The molecular weight excluding hydrogens is 1490 g/mol. The molecule has 0 aliphatic rings. The molecule has 10 aromatic heterocycles. The van der Waals surface area contributed by atoms with Gasteiger partial charge < -0.3 is 0 Å². The monoisotopic (exact) mass is 1560 g/mol. The Morgan fingerprint density at radius 3 is 0.926 bits per heavy atom. The van der Waals surface area contributed by atoms with Crippen LogP contribution in [0.5, 0.6) is 0 Å². The quantitative estimate of drug-likeness (QED) is 0.101. The van der Waals surface area contributed by atoms with Crippen LogP contribution in [0.4, 0.5) is 0 Å². The minimum Gasteiger partial charge on any atom is -0.254 e. The largest absolute Gasteiger partial charge is 0.254 e. The van der Waals surface area contributed by atoms with Crippen LogP contribution in [0.25, 0.3) is 234 Å². The van der Waals surface area contributed by atoms with Gasteiger partial charge in [0.1, 0.15) is 0 Å². The number of nitrogens with zero attached hydrogens (tertiary/aromatic N) is 12. The summed E-state index contributed by atoms with van der Waals surface area (Å²) in [6, 6.07) is 138. The molecule has 0 unspecified atom stereocenters. The zero-order valence-corrected chi connectivity index (χ0v) is 65.6. The standard InChI is InChI=1S/C58H36N6.C52H32N6/c1-4-10-37(11-5-1)49-29-25-42-21-22-43-26-30-50(62-57(43)56(42)61-49)40-18-16-39(17-19-40)48-32-28-47-34-45(27-31-51(47)59-48)46-23-20-41-24-33-52(60-53(41)35-46)55-36-54(38-12-6-2-7-13-38)63-58(64-55)44-14-8-3-9-15-44;1-3-8-34(9-4-1)48-32-49(58-52(57-48)38-10-5-2-6-11-38)46-26-20-36-17-18-40(31-47(36)56-46)39-21-24-45-41(30-39)22-25-44(55-45)35-15-13-33(14-16-35)42-27-29-54-51-43(42)23-19-37-12-7-28-53-50(37)51/h1-36H;1-32H. The fourth-order valence-corrected chi connectivity index (χ4v) is 16.2. The highest BCUT2D eigenvalue weighted by molar-refractivity contribution is 6.09. The number of rotatable bonds is 13. The summed E-state index contributed by atoms with van der Waals surface area (Å²) in [4.78, 5) is 59.9. The summed E-state index contributed by atoms with van der Waals surface area (Å²) in [5, 5.41) is 8.58. The van der Waals surface area contributed by atoms with Gasteiger partial charge in [-0.05, 0) is 130 Å². The topological polar surface area (TPSA) is 155 Å². The minimum atomic E-state index is 0.667. The lowest BCUT2D eigenvalue weighted by molar-refractivity contribution is 1.17. The van der Waals surface area contributed by atoms with Crippen molar-refractivity contribution in [3.63, 3.8) is 0 Å². The summed E-state index contributed by atoms with van der Waals surface area (Å²) in [5.41, 5.74) is 30.7. The van der Waals surface area contributed by atoms with Gasteiger partial charge in [0.2, 0.25) is 0 Å². The molecule has 10 heterocycles. The van der Waals surface area contributed by atoms with Gasteiger partial charge in [-0.25, -0.2) is 49.8 Å². The first kappa shape index (κ1) is 71.8. The molecule has 0 N–H and O–H groups in total. The number of benzene rings is 13. The van der Waals surface area contributed by atoms with Crippen molar-refractivity contribution in [2.75, 3.05) is 0 Å². The third-order valence-electron chi connectivity index (χ3n) is 22.6. The molecule has 0 saturated heterocycles. The Hall–Kier alpha value is -16.7. The Bertz CT molecular complexity index is 7860. The third-order valence-corrected chi connectivity index (χ3v) is 22.6. The molecule has 122 heavy (non-hydrogen) atoms. The molecule has 0 bridgehead atoms. The summed E-state index contributed by atoms with van der Waals surface area (Å²) < 4.78 is 0. The van der Waals surface area contributed by atoms with E-state index in [1.54, 1.807) is 0 Å². The van der Waals surface area contributed by atoms with Crippen molar-refractivity contribution in [1.29, 1.82) is 0 Å². The molecule has 0 atom stereocenters. The molecule has 12 heteroatoms. The van der Waals surface area contributed by atoms with Crippen molar-refractivity contribution < 1.29 is 0 Å². The van der Waals surface area contributed by atoms with Crippen LogP contribution in [0.1, 0.15) is 0 Å². The second-order valence-electron chi connectivity index (χ2n) is 30.3. The molecule has 0 radical (unpaired) electrons. The first-order valence-corrected chi connectivity index (χ1v) is 40.6. The van der Waals surface area contributed by atoms with E-state index in [2.05, 4.69) is 265 Å². The van der Waals surface area contributed by atoms with Crippen LogP contribution in [0.2, 0.25) is 0 Å². The van der Waals surface area contributed by atoms with Gasteiger partial charge >= 0.3 is 0 Å². The first-order chi connectivity index (χ1) is 60.3. The van der Waals surface area contributed by atoms with E-state index in [-0.39, 0.29) is 0 Å². The van der Waals surface area contributed by atoms with E-state index in [9.17, 15) is 0 Å². The van der Waals surface area contributed by atoms with Crippen LogP contribution < -0.4 is 0 Å². The Morgan fingerprint density at radius 1 is 0.139 bits per heavy atom. The highest BCUT2D eigenvalue weighted by Crippen LogP contribution is 2.39. The summed E-state index contributed by atoms with van der Waals surface area (Å²) in [6.07, 6.45) is 3.69. The molecule has 13 aromatic carbocycles. The first-order valence-electron chi connectivity index (χ1n) is 40.6. The summed E-state index contributed by atoms with van der Waals surface area (Å²) in [5.74, 6) is 1.34. The zero-order chi connectivity index (χ0) is 80.8. The van der Waals surface area contributed by atoms with E-state index in [0.717, 1.165) is 222 Å². The van der Waals surface area contributed by atoms with Gasteiger partial charge in [-0.1, -0.05) is 303 Å². The fourth-order valence-electron chi connectivity index (χ4n) is 16.2. The maximum absolute atomic E-state index is 5.16. The average Bonchev–Trinajstić information content (AvgIpc) is 0.774.